The number of nitrogens with zero attached hydrogens (tertiary/aromatic N) is 1. The number of pyridine rings is 1. The number of primary amides is 1. The summed E-state index contributed by atoms with van der Waals surface area (Å²) in [5.41, 5.74) is 6.88. The Kier molecular flexibility index (Phi) is 6.18. The third-order valence-electron chi connectivity index (χ3n) is 4.66. The lowest BCUT2D eigenvalue weighted by molar-refractivity contribution is -0.124. The van der Waals surface area contributed by atoms with E-state index in [0.29, 0.717) is 5.92 Å². The summed E-state index contributed by atoms with van der Waals surface area (Å²) in [5, 5.41) is 9.57. The molecule has 0 aromatic carbocycles. The lowest BCUT2D eigenvalue weighted by atomic mass is 9.76. The van der Waals surface area contributed by atoms with Crippen LogP contribution in [0.2, 0.25) is 0 Å². The van der Waals surface area contributed by atoms with Crippen LogP contribution in [0, 0.1) is 11.8 Å². The van der Waals surface area contributed by atoms with E-state index in [9.17, 15) is 9.90 Å². The van der Waals surface area contributed by atoms with Crippen LogP contribution in [0.15, 0.2) is 24.5 Å². The average molecular weight is 290 g/mol. The van der Waals surface area contributed by atoms with Crippen molar-refractivity contribution in [3.63, 3.8) is 0 Å². The van der Waals surface area contributed by atoms with Crippen LogP contribution >= 0.6 is 0 Å². The predicted molar refractivity (Wildman–Crippen MR) is 82.4 cm³/mol. The van der Waals surface area contributed by atoms with Crippen molar-refractivity contribution in [2.75, 3.05) is 0 Å². The molecule has 1 fully saturated rings. The van der Waals surface area contributed by atoms with E-state index in [4.69, 9.17) is 5.73 Å². The van der Waals surface area contributed by atoms with Crippen molar-refractivity contribution in [3.8, 4) is 0 Å². The van der Waals surface area contributed by atoms with E-state index in [-0.39, 0.29) is 17.9 Å². The van der Waals surface area contributed by atoms with Gasteiger partial charge in [-0.2, -0.15) is 0 Å². The molecule has 2 rings (SSSR count). The first kappa shape index (κ1) is 16.0. The van der Waals surface area contributed by atoms with Crippen molar-refractivity contribution in [2.24, 2.45) is 17.6 Å². The Bertz CT molecular complexity index is 428. The number of rotatable bonds is 7. The van der Waals surface area contributed by atoms with Crippen molar-refractivity contribution in [2.45, 2.75) is 57.5 Å². The fourth-order valence-electron chi connectivity index (χ4n) is 3.36. The number of unbranched alkanes of at least 4 members (excludes halogenated alkanes) is 1. The van der Waals surface area contributed by atoms with Gasteiger partial charge in [-0.05, 0) is 68.6 Å². The minimum absolute atomic E-state index is 0.0186. The second-order valence-corrected chi connectivity index (χ2v) is 6.18. The van der Waals surface area contributed by atoms with E-state index >= 15 is 0 Å². The zero-order valence-corrected chi connectivity index (χ0v) is 12.6. The van der Waals surface area contributed by atoms with Crippen LogP contribution in [0.5, 0.6) is 0 Å². The summed E-state index contributed by atoms with van der Waals surface area (Å²) >= 11 is 0. The monoisotopic (exact) mass is 290 g/mol. The van der Waals surface area contributed by atoms with Crippen molar-refractivity contribution in [1.82, 2.24) is 4.98 Å². The Morgan fingerprint density at radius 3 is 2.52 bits per heavy atom. The van der Waals surface area contributed by atoms with Gasteiger partial charge in [0.2, 0.25) is 5.91 Å². The number of carbonyl (C=O) groups excluding carboxylic acids is 1. The number of aliphatic hydroxyl groups is 1. The van der Waals surface area contributed by atoms with Crippen LogP contribution in [0.25, 0.3) is 0 Å². The Morgan fingerprint density at radius 2 is 1.90 bits per heavy atom. The van der Waals surface area contributed by atoms with Gasteiger partial charge in [0.1, 0.15) is 0 Å². The van der Waals surface area contributed by atoms with Gasteiger partial charge in [0.15, 0.2) is 0 Å². The molecule has 0 bridgehead atoms. The summed E-state index contributed by atoms with van der Waals surface area (Å²) in [6.07, 6.45) is 10.9. The van der Waals surface area contributed by atoms with Crippen LogP contribution in [0.3, 0.4) is 0 Å². The molecular weight excluding hydrogens is 264 g/mol. The van der Waals surface area contributed by atoms with E-state index < -0.39 is 0 Å². The zero-order valence-electron chi connectivity index (χ0n) is 12.6. The topological polar surface area (TPSA) is 76.2 Å². The SMILES string of the molecule is NC(=O)C(CCCCc1ccncc1)C1CCC(O)CC1. The number of aromatic nitrogens is 1. The molecule has 0 radical (unpaired) electrons. The molecular formula is C17H26N2O2. The molecule has 4 heteroatoms. The van der Waals surface area contributed by atoms with E-state index in [0.717, 1.165) is 51.4 Å². The van der Waals surface area contributed by atoms with Gasteiger partial charge in [-0.3, -0.25) is 9.78 Å². The van der Waals surface area contributed by atoms with Crippen LogP contribution in [0.4, 0.5) is 0 Å². The Hall–Kier alpha value is -1.42. The van der Waals surface area contributed by atoms with Gasteiger partial charge in [-0.25, -0.2) is 0 Å². The molecule has 3 N–H and O–H groups in total. The number of carbonyl (C=O) groups is 1. The summed E-state index contributed by atoms with van der Waals surface area (Å²) in [5.74, 6) is 0.182. The first-order valence-electron chi connectivity index (χ1n) is 8.03. The number of aryl methyl sites for hydroxylation is 1. The highest BCUT2D eigenvalue weighted by Crippen LogP contribution is 2.32. The fraction of sp³-hybridized carbons (Fsp3) is 0.647. The number of aliphatic hydroxyl groups excluding tert-OH is 1. The van der Waals surface area contributed by atoms with Crippen molar-refractivity contribution < 1.29 is 9.90 Å². The predicted octanol–water partition coefficient (Wildman–Crippen LogP) is 2.45. The number of hydrogen-bond donors (Lipinski definition) is 2. The molecule has 1 aliphatic rings. The Morgan fingerprint density at radius 1 is 1.24 bits per heavy atom. The van der Waals surface area contributed by atoms with E-state index in [1.807, 2.05) is 24.5 Å². The number of nitrogens with two attached hydrogens (primary N) is 1. The van der Waals surface area contributed by atoms with Gasteiger partial charge in [-0.15, -0.1) is 0 Å². The number of amides is 1. The van der Waals surface area contributed by atoms with E-state index in [1.54, 1.807) is 0 Å². The molecule has 0 spiro atoms. The molecule has 1 unspecified atom stereocenters. The smallest absolute Gasteiger partial charge is 0.220 e. The molecule has 1 heterocycles. The van der Waals surface area contributed by atoms with Gasteiger partial charge in [0, 0.05) is 18.3 Å². The standard InChI is InChI=1S/C17H26N2O2/c18-17(21)16(14-5-7-15(20)8-6-14)4-2-1-3-13-9-11-19-12-10-13/h9-12,14-16,20H,1-8H2,(H2,18,21). The fourth-order valence-corrected chi connectivity index (χ4v) is 3.36. The molecule has 1 aromatic rings. The Labute approximate surface area is 126 Å². The quantitative estimate of drug-likeness (QED) is 0.757. The molecule has 0 aliphatic heterocycles. The lowest BCUT2D eigenvalue weighted by Gasteiger charge is -2.30. The lowest BCUT2D eigenvalue weighted by Crippen LogP contribution is -2.33. The second-order valence-electron chi connectivity index (χ2n) is 6.18. The van der Waals surface area contributed by atoms with Gasteiger partial charge in [0.25, 0.3) is 0 Å². The average Bonchev–Trinajstić information content (AvgIpc) is 2.49. The van der Waals surface area contributed by atoms with Crippen molar-refractivity contribution >= 4 is 5.91 Å². The Balaban J connectivity index is 1.74. The first-order valence-corrected chi connectivity index (χ1v) is 8.03. The van der Waals surface area contributed by atoms with Crippen LogP contribution in [-0.2, 0) is 11.2 Å². The third-order valence-corrected chi connectivity index (χ3v) is 4.66. The van der Waals surface area contributed by atoms with Gasteiger partial charge in [-0.1, -0.05) is 6.42 Å². The van der Waals surface area contributed by atoms with E-state index in [2.05, 4.69) is 4.98 Å². The van der Waals surface area contributed by atoms with Gasteiger partial charge < -0.3 is 10.8 Å². The molecule has 1 aliphatic carbocycles. The number of hydrogen-bond acceptors (Lipinski definition) is 3. The molecule has 4 nitrogen and oxygen atoms in total. The summed E-state index contributed by atoms with van der Waals surface area (Å²) in [4.78, 5) is 15.7. The van der Waals surface area contributed by atoms with Crippen LogP contribution in [-0.4, -0.2) is 22.1 Å². The summed E-state index contributed by atoms with van der Waals surface area (Å²) in [7, 11) is 0. The molecule has 1 amide bonds. The van der Waals surface area contributed by atoms with E-state index in [1.165, 1.54) is 5.56 Å². The van der Waals surface area contributed by atoms with Crippen LogP contribution in [0.1, 0.15) is 50.5 Å². The second kappa shape index (κ2) is 8.13. The molecule has 116 valence electrons. The molecule has 1 aromatic heterocycles. The minimum Gasteiger partial charge on any atom is -0.393 e. The molecule has 1 atom stereocenters. The highest BCUT2D eigenvalue weighted by Gasteiger charge is 2.29. The van der Waals surface area contributed by atoms with Gasteiger partial charge >= 0.3 is 0 Å². The summed E-state index contributed by atoms with van der Waals surface area (Å²) in [6, 6.07) is 4.07. The highest BCUT2D eigenvalue weighted by atomic mass is 16.3. The molecule has 21 heavy (non-hydrogen) atoms. The van der Waals surface area contributed by atoms with Crippen molar-refractivity contribution in [3.05, 3.63) is 30.1 Å². The van der Waals surface area contributed by atoms with Crippen molar-refractivity contribution in [1.29, 1.82) is 0 Å². The zero-order chi connectivity index (χ0) is 15.1. The first-order chi connectivity index (χ1) is 10.2. The highest BCUT2D eigenvalue weighted by molar-refractivity contribution is 5.76. The maximum atomic E-state index is 11.7. The normalized spacial score (nSPS) is 23.7. The molecule has 1 saturated carbocycles. The maximum Gasteiger partial charge on any atom is 0.220 e. The van der Waals surface area contributed by atoms with Gasteiger partial charge in [0.05, 0.1) is 6.10 Å². The summed E-state index contributed by atoms with van der Waals surface area (Å²) in [6.45, 7) is 0. The molecule has 0 saturated heterocycles. The minimum atomic E-state index is -0.179. The summed E-state index contributed by atoms with van der Waals surface area (Å²) < 4.78 is 0. The third kappa shape index (κ3) is 5.12. The largest absolute Gasteiger partial charge is 0.393 e. The van der Waals surface area contributed by atoms with Crippen LogP contribution < -0.4 is 5.73 Å². The maximum absolute atomic E-state index is 11.7.